The van der Waals surface area contributed by atoms with E-state index in [9.17, 15) is 9.59 Å². The van der Waals surface area contributed by atoms with E-state index in [1.165, 1.54) is 11.3 Å². The number of ether oxygens (including phenoxy) is 1. The Kier molecular flexibility index (Phi) is 4.52. The van der Waals surface area contributed by atoms with Gasteiger partial charge in [-0.3, -0.25) is 4.90 Å². The number of thiazole rings is 1. The van der Waals surface area contributed by atoms with Gasteiger partial charge in [0, 0.05) is 19.2 Å². The van der Waals surface area contributed by atoms with Crippen LogP contribution in [0.4, 0.5) is 9.93 Å². The molecule has 2 aromatic rings. The third kappa shape index (κ3) is 3.12. The number of rotatable bonds is 5. The van der Waals surface area contributed by atoms with E-state index in [4.69, 9.17) is 9.26 Å². The SMILES string of the molecule is CCOC(=O)c1sc(N2CCN(Cc3cc(C)on3)C2=O)nc1C. The normalized spacial score (nSPS) is 14.5. The Morgan fingerprint density at radius 3 is 2.88 bits per heavy atom. The first-order valence-electron chi connectivity index (χ1n) is 7.62. The summed E-state index contributed by atoms with van der Waals surface area (Å²) in [5, 5.41) is 4.43. The van der Waals surface area contributed by atoms with Crippen molar-refractivity contribution in [1.82, 2.24) is 15.0 Å². The van der Waals surface area contributed by atoms with Gasteiger partial charge < -0.3 is 14.2 Å². The van der Waals surface area contributed by atoms with Gasteiger partial charge in [-0.05, 0) is 20.8 Å². The summed E-state index contributed by atoms with van der Waals surface area (Å²) in [5.41, 5.74) is 1.29. The molecule has 0 aliphatic carbocycles. The van der Waals surface area contributed by atoms with E-state index in [0.717, 1.165) is 0 Å². The predicted molar refractivity (Wildman–Crippen MR) is 87.2 cm³/mol. The molecule has 2 amide bonds. The van der Waals surface area contributed by atoms with Crippen LogP contribution in [-0.2, 0) is 11.3 Å². The van der Waals surface area contributed by atoms with Crippen LogP contribution in [0.25, 0.3) is 0 Å². The molecule has 1 aliphatic heterocycles. The molecule has 0 N–H and O–H groups in total. The first-order chi connectivity index (χ1) is 11.5. The lowest BCUT2D eigenvalue weighted by atomic mass is 10.3. The number of esters is 1. The summed E-state index contributed by atoms with van der Waals surface area (Å²) >= 11 is 1.18. The van der Waals surface area contributed by atoms with E-state index in [2.05, 4.69) is 10.1 Å². The number of carbonyl (C=O) groups excluding carboxylic acids is 2. The van der Waals surface area contributed by atoms with Gasteiger partial charge in [-0.15, -0.1) is 0 Å². The summed E-state index contributed by atoms with van der Waals surface area (Å²) in [6.07, 6.45) is 0. The number of amides is 2. The standard InChI is InChI=1S/C15H18N4O4S/c1-4-22-13(20)12-10(3)16-14(24-12)19-6-5-18(15(19)21)8-11-7-9(2)23-17-11/h7H,4-6,8H2,1-3H3. The van der Waals surface area contributed by atoms with Crippen molar-refractivity contribution in [2.75, 3.05) is 24.6 Å². The molecule has 1 aliphatic rings. The number of aromatic nitrogens is 2. The van der Waals surface area contributed by atoms with Gasteiger partial charge >= 0.3 is 12.0 Å². The quantitative estimate of drug-likeness (QED) is 0.769. The van der Waals surface area contributed by atoms with Crippen molar-refractivity contribution in [3.8, 4) is 0 Å². The van der Waals surface area contributed by atoms with Crippen molar-refractivity contribution in [1.29, 1.82) is 0 Å². The molecule has 0 aromatic carbocycles. The van der Waals surface area contributed by atoms with Crippen molar-refractivity contribution in [3.05, 3.63) is 28.1 Å². The Labute approximate surface area is 143 Å². The van der Waals surface area contributed by atoms with Gasteiger partial charge in [0.1, 0.15) is 16.3 Å². The van der Waals surface area contributed by atoms with E-state index in [1.54, 1.807) is 23.6 Å². The van der Waals surface area contributed by atoms with Crippen molar-refractivity contribution in [2.24, 2.45) is 0 Å². The van der Waals surface area contributed by atoms with E-state index in [-0.39, 0.29) is 6.03 Å². The van der Waals surface area contributed by atoms with Gasteiger partial charge in [-0.25, -0.2) is 14.6 Å². The van der Waals surface area contributed by atoms with E-state index >= 15 is 0 Å². The molecule has 8 nitrogen and oxygen atoms in total. The highest BCUT2D eigenvalue weighted by Crippen LogP contribution is 2.29. The Morgan fingerprint density at radius 2 is 2.21 bits per heavy atom. The zero-order chi connectivity index (χ0) is 17.3. The molecule has 9 heteroatoms. The summed E-state index contributed by atoms with van der Waals surface area (Å²) in [6, 6.07) is 1.65. The zero-order valence-corrected chi connectivity index (χ0v) is 14.6. The molecular formula is C15H18N4O4S. The number of aryl methyl sites for hydroxylation is 2. The molecule has 0 unspecified atom stereocenters. The van der Waals surface area contributed by atoms with Crippen LogP contribution >= 0.6 is 11.3 Å². The minimum Gasteiger partial charge on any atom is -0.462 e. The maximum absolute atomic E-state index is 12.6. The molecule has 0 bridgehead atoms. The van der Waals surface area contributed by atoms with Crippen LogP contribution in [0.1, 0.15) is 33.7 Å². The summed E-state index contributed by atoms with van der Waals surface area (Å²) in [5.74, 6) is 0.309. The second-order valence-corrected chi connectivity index (χ2v) is 6.39. The second kappa shape index (κ2) is 6.60. The first kappa shape index (κ1) is 16.4. The third-order valence-corrected chi connectivity index (χ3v) is 4.76. The average Bonchev–Trinajstić information content (AvgIpc) is 3.21. The highest BCUT2D eigenvalue weighted by atomic mass is 32.1. The number of nitrogens with zero attached hydrogens (tertiary/aromatic N) is 4. The van der Waals surface area contributed by atoms with E-state index < -0.39 is 5.97 Å². The maximum Gasteiger partial charge on any atom is 0.350 e. The molecule has 0 radical (unpaired) electrons. The number of anilines is 1. The van der Waals surface area contributed by atoms with Crippen molar-refractivity contribution < 1.29 is 18.8 Å². The zero-order valence-electron chi connectivity index (χ0n) is 13.7. The smallest absolute Gasteiger partial charge is 0.350 e. The van der Waals surface area contributed by atoms with Gasteiger partial charge in [0.25, 0.3) is 0 Å². The minimum absolute atomic E-state index is 0.153. The van der Waals surface area contributed by atoms with Crippen molar-refractivity contribution in [3.63, 3.8) is 0 Å². The molecule has 1 fully saturated rings. The van der Waals surface area contributed by atoms with Crippen LogP contribution in [0, 0.1) is 13.8 Å². The third-order valence-electron chi connectivity index (χ3n) is 3.60. The highest BCUT2D eigenvalue weighted by molar-refractivity contribution is 7.17. The van der Waals surface area contributed by atoms with Gasteiger partial charge in [-0.2, -0.15) is 0 Å². The van der Waals surface area contributed by atoms with Crippen LogP contribution in [0.2, 0.25) is 0 Å². The molecule has 24 heavy (non-hydrogen) atoms. The summed E-state index contributed by atoms with van der Waals surface area (Å²) < 4.78 is 10.0. The van der Waals surface area contributed by atoms with E-state index in [0.29, 0.717) is 53.4 Å². The van der Waals surface area contributed by atoms with Crippen LogP contribution in [0.5, 0.6) is 0 Å². The lowest BCUT2D eigenvalue weighted by Gasteiger charge is -2.15. The fourth-order valence-corrected chi connectivity index (χ4v) is 3.46. The Bertz CT molecular complexity index is 769. The van der Waals surface area contributed by atoms with Crippen molar-refractivity contribution in [2.45, 2.75) is 27.3 Å². The van der Waals surface area contributed by atoms with Crippen LogP contribution in [-0.4, -0.2) is 46.7 Å². The molecule has 0 atom stereocenters. The second-order valence-electron chi connectivity index (χ2n) is 5.42. The van der Waals surface area contributed by atoms with Crippen LogP contribution in [0.15, 0.2) is 10.6 Å². The minimum atomic E-state index is -0.402. The molecule has 128 valence electrons. The van der Waals surface area contributed by atoms with E-state index in [1.807, 2.05) is 13.0 Å². The lowest BCUT2D eigenvalue weighted by molar-refractivity contribution is 0.0531. The molecule has 0 saturated carbocycles. The fourth-order valence-electron chi connectivity index (χ4n) is 2.48. The molecule has 3 heterocycles. The highest BCUT2D eigenvalue weighted by Gasteiger charge is 2.33. The van der Waals surface area contributed by atoms with Crippen molar-refractivity contribution >= 4 is 28.5 Å². The molecule has 1 saturated heterocycles. The van der Waals surface area contributed by atoms with Gasteiger partial charge in [0.2, 0.25) is 0 Å². The molecule has 0 spiro atoms. The van der Waals surface area contributed by atoms with Gasteiger partial charge in [0.15, 0.2) is 5.13 Å². The number of urea groups is 1. The molecular weight excluding hydrogens is 332 g/mol. The maximum atomic E-state index is 12.6. The lowest BCUT2D eigenvalue weighted by Crippen LogP contribution is -2.31. The van der Waals surface area contributed by atoms with Gasteiger partial charge in [0.05, 0.1) is 18.8 Å². The predicted octanol–water partition coefficient (Wildman–Crippen LogP) is 2.37. The Hall–Kier alpha value is -2.42. The molecule has 2 aromatic heterocycles. The Morgan fingerprint density at radius 1 is 1.42 bits per heavy atom. The summed E-state index contributed by atoms with van der Waals surface area (Å²) in [7, 11) is 0. The topological polar surface area (TPSA) is 88.8 Å². The average molecular weight is 350 g/mol. The summed E-state index contributed by atoms with van der Waals surface area (Å²) in [4.78, 5) is 32.5. The number of hydrogen-bond acceptors (Lipinski definition) is 7. The fraction of sp³-hybridized carbons (Fsp3) is 0.467. The number of carbonyl (C=O) groups is 2. The van der Waals surface area contributed by atoms with Gasteiger partial charge in [-0.1, -0.05) is 16.5 Å². The van der Waals surface area contributed by atoms with Crippen LogP contribution in [0.3, 0.4) is 0 Å². The first-order valence-corrected chi connectivity index (χ1v) is 8.44. The summed E-state index contributed by atoms with van der Waals surface area (Å²) in [6.45, 7) is 7.08. The number of hydrogen-bond donors (Lipinski definition) is 0. The monoisotopic (exact) mass is 350 g/mol. The Balaban J connectivity index is 1.73. The largest absolute Gasteiger partial charge is 0.462 e. The molecule has 3 rings (SSSR count). The van der Waals surface area contributed by atoms with Crippen LogP contribution < -0.4 is 4.90 Å².